The van der Waals surface area contributed by atoms with Crippen LogP contribution in [0.3, 0.4) is 0 Å². The maximum Gasteiger partial charge on any atom is 0.344 e. The van der Waals surface area contributed by atoms with Crippen LogP contribution in [0.1, 0.15) is 18.2 Å². The Morgan fingerprint density at radius 2 is 1.96 bits per heavy atom. The van der Waals surface area contributed by atoms with E-state index in [4.69, 9.17) is 9.84 Å². The fourth-order valence-corrected chi connectivity index (χ4v) is 2.55. The highest BCUT2D eigenvalue weighted by atomic mass is 79.9. The first-order valence-electron chi connectivity index (χ1n) is 7.59. The summed E-state index contributed by atoms with van der Waals surface area (Å²) in [5, 5.41) is 9.95. The van der Waals surface area contributed by atoms with Crippen molar-refractivity contribution in [1.82, 2.24) is 4.98 Å². The zero-order valence-electron chi connectivity index (χ0n) is 13.4. The summed E-state index contributed by atoms with van der Waals surface area (Å²) < 4.78 is 6.32. The number of rotatable bonds is 3. The Hall–Kier alpha value is -2.84. The van der Waals surface area contributed by atoms with E-state index >= 15 is 0 Å². The van der Waals surface area contributed by atoms with Crippen molar-refractivity contribution < 1.29 is 14.6 Å². The highest BCUT2D eigenvalue weighted by Crippen LogP contribution is 2.18. The van der Waals surface area contributed by atoms with Gasteiger partial charge < -0.3 is 9.84 Å². The van der Waals surface area contributed by atoms with Crippen LogP contribution in [-0.2, 0) is 4.79 Å². The van der Waals surface area contributed by atoms with E-state index in [1.54, 1.807) is 18.2 Å². The molecule has 0 bridgehead atoms. The third kappa shape index (κ3) is 4.37. The van der Waals surface area contributed by atoms with Crippen LogP contribution in [0.25, 0.3) is 10.9 Å². The number of fused-ring (bicyclic) bond motifs is 1. The van der Waals surface area contributed by atoms with Crippen molar-refractivity contribution in [1.29, 1.82) is 0 Å². The molecular weight excluding hydrogens is 382 g/mol. The van der Waals surface area contributed by atoms with Gasteiger partial charge in [-0.15, -0.1) is 0 Å². The topological polar surface area (TPSA) is 59.4 Å². The minimum absolute atomic E-state index is 0.470. The summed E-state index contributed by atoms with van der Waals surface area (Å²) in [6.45, 7) is 1.48. The van der Waals surface area contributed by atoms with Gasteiger partial charge in [-0.1, -0.05) is 40.0 Å². The molecule has 25 heavy (non-hydrogen) atoms. The molecule has 0 fully saturated rings. The van der Waals surface area contributed by atoms with Gasteiger partial charge in [-0.2, -0.15) is 0 Å². The molecule has 0 amide bonds. The van der Waals surface area contributed by atoms with Crippen LogP contribution in [0.5, 0.6) is 5.75 Å². The largest absolute Gasteiger partial charge is 0.479 e. The number of halogens is 1. The van der Waals surface area contributed by atoms with Crippen LogP contribution in [0.15, 0.2) is 59.1 Å². The van der Waals surface area contributed by atoms with Gasteiger partial charge in [0.05, 0.1) is 5.52 Å². The van der Waals surface area contributed by atoms with Crippen LogP contribution in [0.2, 0.25) is 0 Å². The molecule has 0 saturated carbocycles. The number of ether oxygens (including phenoxy) is 1. The molecule has 0 spiro atoms. The van der Waals surface area contributed by atoms with Crippen molar-refractivity contribution in [2.45, 2.75) is 13.0 Å². The van der Waals surface area contributed by atoms with Gasteiger partial charge in [0, 0.05) is 15.4 Å². The number of hydrogen-bond donors (Lipinski definition) is 1. The summed E-state index contributed by atoms with van der Waals surface area (Å²) in [5.74, 6) is 5.52. The van der Waals surface area contributed by atoms with E-state index in [9.17, 15) is 4.79 Å². The standard InChI is InChI=1S/C20H14BrNO3/c1-13(20(23)24)25-18-4-2-3-14(11-18)5-9-17-10-7-15-6-8-16(21)12-19(15)22-17/h2-4,6-8,10-13H,1H3,(H,23,24). The van der Waals surface area contributed by atoms with E-state index in [1.807, 2.05) is 36.4 Å². The Morgan fingerprint density at radius 1 is 1.16 bits per heavy atom. The highest BCUT2D eigenvalue weighted by Gasteiger charge is 2.12. The summed E-state index contributed by atoms with van der Waals surface area (Å²) >= 11 is 3.44. The Bertz CT molecular complexity index is 1000. The number of hydrogen-bond acceptors (Lipinski definition) is 3. The predicted octanol–water partition coefficient (Wildman–Crippen LogP) is 4.25. The lowest BCUT2D eigenvalue weighted by Crippen LogP contribution is -2.22. The first-order chi connectivity index (χ1) is 12.0. The number of carboxylic acid groups (broad SMARTS) is 1. The fraction of sp³-hybridized carbons (Fsp3) is 0.100. The van der Waals surface area contributed by atoms with Crippen molar-refractivity contribution >= 4 is 32.8 Å². The van der Waals surface area contributed by atoms with Gasteiger partial charge in [-0.3, -0.25) is 0 Å². The second-order valence-electron chi connectivity index (χ2n) is 5.41. The molecule has 4 nitrogen and oxygen atoms in total. The van der Waals surface area contributed by atoms with Crippen molar-refractivity contribution in [2.75, 3.05) is 0 Å². The Labute approximate surface area is 153 Å². The molecule has 0 radical (unpaired) electrons. The van der Waals surface area contributed by atoms with Crippen LogP contribution in [-0.4, -0.2) is 22.2 Å². The first-order valence-corrected chi connectivity index (χ1v) is 8.38. The zero-order chi connectivity index (χ0) is 17.8. The smallest absolute Gasteiger partial charge is 0.344 e. The number of pyridine rings is 1. The van der Waals surface area contributed by atoms with Gasteiger partial charge in [-0.25, -0.2) is 9.78 Å². The lowest BCUT2D eigenvalue weighted by molar-refractivity contribution is -0.144. The monoisotopic (exact) mass is 395 g/mol. The van der Waals surface area contributed by atoms with E-state index in [0.717, 1.165) is 20.9 Å². The van der Waals surface area contributed by atoms with Gasteiger partial charge in [0.25, 0.3) is 0 Å². The first kappa shape index (κ1) is 17.0. The molecule has 0 saturated heterocycles. The molecule has 0 aliphatic rings. The van der Waals surface area contributed by atoms with Crippen LogP contribution < -0.4 is 4.74 Å². The molecule has 0 aliphatic heterocycles. The average Bonchev–Trinajstić information content (AvgIpc) is 2.59. The molecule has 1 atom stereocenters. The predicted molar refractivity (Wildman–Crippen MR) is 99.6 cm³/mol. The number of aromatic nitrogens is 1. The van der Waals surface area contributed by atoms with Gasteiger partial charge in [0.1, 0.15) is 11.4 Å². The molecule has 1 heterocycles. The number of nitrogens with zero attached hydrogens (tertiary/aromatic N) is 1. The van der Waals surface area contributed by atoms with Crippen molar-refractivity contribution in [3.05, 3.63) is 70.3 Å². The van der Waals surface area contributed by atoms with Crippen LogP contribution in [0, 0.1) is 11.8 Å². The van der Waals surface area contributed by atoms with Crippen LogP contribution in [0.4, 0.5) is 0 Å². The summed E-state index contributed by atoms with van der Waals surface area (Å²) in [7, 11) is 0. The second-order valence-corrected chi connectivity index (χ2v) is 6.33. The minimum Gasteiger partial charge on any atom is -0.479 e. The van der Waals surface area contributed by atoms with E-state index in [2.05, 4.69) is 32.8 Å². The summed E-state index contributed by atoms with van der Waals surface area (Å²) in [5.41, 5.74) is 2.26. The maximum atomic E-state index is 10.9. The van der Waals surface area contributed by atoms with Gasteiger partial charge >= 0.3 is 5.97 Å². The number of carboxylic acids is 1. The molecule has 3 rings (SSSR count). The molecule has 3 aromatic rings. The van der Waals surface area contributed by atoms with Crippen molar-refractivity contribution in [3.8, 4) is 17.6 Å². The highest BCUT2D eigenvalue weighted by molar-refractivity contribution is 9.10. The van der Waals surface area contributed by atoms with Crippen LogP contribution >= 0.6 is 15.9 Å². The summed E-state index contributed by atoms with van der Waals surface area (Å²) in [4.78, 5) is 15.4. The average molecular weight is 396 g/mol. The van der Waals surface area contributed by atoms with E-state index in [1.165, 1.54) is 6.92 Å². The Kier molecular flexibility index (Phi) is 5.01. The second kappa shape index (κ2) is 7.37. The molecule has 1 N–H and O–H groups in total. The molecule has 1 aromatic heterocycles. The van der Waals surface area contributed by atoms with Gasteiger partial charge in [-0.05, 0) is 49.2 Å². The molecule has 0 aliphatic carbocycles. The summed E-state index contributed by atoms with van der Waals surface area (Å²) in [6, 6.07) is 16.8. The molecule has 2 aromatic carbocycles. The number of benzene rings is 2. The third-order valence-electron chi connectivity index (χ3n) is 3.48. The number of aliphatic carboxylic acids is 1. The molecule has 124 valence electrons. The molecule has 5 heteroatoms. The maximum absolute atomic E-state index is 10.9. The van der Waals surface area contributed by atoms with Crippen molar-refractivity contribution in [3.63, 3.8) is 0 Å². The Morgan fingerprint density at radius 3 is 2.76 bits per heavy atom. The summed E-state index contributed by atoms with van der Waals surface area (Å²) in [6.07, 6.45) is -0.913. The fourth-order valence-electron chi connectivity index (χ4n) is 2.20. The van der Waals surface area contributed by atoms with Gasteiger partial charge in [0.15, 0.2) is 6.10 Å². The minimum atomic E-state index is -1.01. The number of carbonyl (C=O) groups is 1. The lowest BCUT2D eigenvalue weighted by atomic mass is 10.2. The van der Waals surface area contributed by atoms with Gasteiger partial charge in [0.2, 0.25) is 0 Å². The lowest BCUT2D eigenvalue weighted by Gasteiger charge is -2.10. The normalized spacial score (nSPS) is 11.4. The molecular formula is C20H14BrNO3. The quantitative estimate of drug-likeness (QED) is 0.673. The van der Waals surface area contributed by atoms with Crippen molar-refractivity contribution in [2.24, 2.45) is 0 Å². The SMILES string of the molecule is CC(Oc1cccc(C#Cc2ccc3ccc(Br)cc3n2)c1)C(=O)O. The molecule has 1 unspecified atom stereocenters. The zero-order valence-corrected chi connectivity index (χ0v) is 14.9. The van der Waals surface area contributed by atoms with E-state index in [-0.39, 0.29) is 0 Å². The third-order valence-corrected chi connectivity index (χ3v) is 3.98. The van der Waals surface area contributed by atoms with E-state index < -0.39 is 12.1 Å². The van der Waals surface area contributed by atoms with E-state index in [0.29, 0.717) is 11.4 Å². The Balaban J connectivity index is 1.84.